The van der Waals surface area contributed by atoms with Crippen molar-refractivity contribution in [3.8, 4) is 5.88 Å². The highest BCUT2D eigenvalue weighted by atomic mass is 79.9. The zero-order chi connectivity index (χ0) is 14.6. The highest BCUT2D eigenvalue weighted by Crippen LogP contribution is 2.26. The zero-order valence-corrected chi connectivity index (χ0v) is 13.9. The van der Waals surface area contributed by atoms with Gasteiger partial charge in [0.05, 0.1) is 18.3 Å². The normalized spacial score (nSPS) is 21.8. The largest absolute Gasteiger partial charge is 0.478 e. The molecule has 0 N–H and O–H groups in total. The molecule has 1 saturated heterocycles. The van der Waals surface area contributed by atoms with Crippen molar-refractivity contribution in [3.63, 3.8) is 0 Å². The van der Waals surface area contributed by atoms with Crippen molar-refractivity contribution in [1.29, 1.82) is 0 Å². The lowest BCUT2D eigenvalue weighted by Crippen LogP contribution is -2.53. The maximum absolute atomic E-state index is 6.01. The second-order valence-corrected chi connectivity index (χ2v) is 6.24. The number of morpholine rings is 1. The first-order valence-corrected chi connectivity index (χ1v) is 8.10. The average molecular weight is 344 g/mol. The van der Waals surface area contributed by atoms with E-state index in [2.05, 4.69) is 51.6 Å². The lowest BCUT2D eigenvalue weighted by atomic mass is 10.1. The van der Waals surface area contributed by atoms with Crippen molar-refractivity contribution in [2.75, 3.05) is 29.9 Å². The summed E-state index contributed by atoms with van der Waals surface area (Å²) < 4.78 is 11.6. The van der Waals surface area contributed by atoms with Crippen LogP contribution in [0.25, 0.3) is 0 Å². The van der Waals surface area contributed by atoms with Crippen LogP contribution in [0.1, 0.15) is 27.2 Å². The molecule has 112 valence electrons. The molecule has 5 nitrogen and oxygen atoms in total. The van der Waals surface area contributed by atoms with Crippen LogP contribution in [0.15, 0.2) is 12.4 Å². The Hall–Kier alpha value is -0.880. The summed E-state index contributed by atoms with van der Waals surface area (Å²) in [5.41, 5.74) is -0.188. The van der Waals surface area contributed by atoms with Crippen LogP contribution in [0, 0.1) is 0 Å². The number of alkyl halides is 1. The van der Waals surface area contributed by atoms with Crippen LogP contribution in [-0.2, 0) is 4.74 Å². The van der Waals surface area contributed by atoms with E-state index in [9.17, 15) is 0 Å². The van der Waals surface area contributed by atoms with E-state index in [-0.39, 0.29) is 11.7 Å². The van der Waals surface area contributed by atoms with Gasteiger partial charge in [-0.3, -0.25) is 0 Å². The average Bonchev–Trinajstić information content (AvgIpc) is 2.43. The maximum Gasteiger partial charge on any atom is 0.218 e. The van der Waals surface area contributed by atoms with Crippen LogP contribution in [-0.4, -0.2) is 46.7 Å². The molecule has 0 aromatic carbocycles. The van der Waals surface area contributed by atoms with E-state index in [1.54, 1.807) is 6.33 Å². The minimum absolute atomic E-state index is 0.161. The van der Waals surface area contributed by atoms with Gasteiger partial charge in [-0.2, -0.15) is 0 Å². The van der Waals surface area contributed by atoms with Gasteiger partial charge >= 0.3 is 0 Å². The van der Waals surface area contributed by atoms with Crippen LogP contribution < -0.4 is 9.64 Å². The number of hydrogen-bond donors (Lipinski definition) is 0. The lowest BCUT2D eigenvalue weighted by molar-refractivity contribution is -0.0726. The fourth-order valence-electron chi connectivity index (χ4n) is 2.34. The number of halogens is 1. The Labute approximate surface area is 128 Å². The van der Waals surface area contributed by atoms with Crippen molar-refractivity contribution in [2.45, 2.75) is 38.9 Å². The molecule has 0 radical (unpaired) electrons. The highest BCUT2D eigenvalue weighted by Gasteiger charge is 2.33. The van der Waals surface area contributed by atoms with E-state index < -0.39 is 0 Å². The summed E-state index contributed by atoms with van der Waals surface area (Å²) in [7, 11) is 0. The van der Waals surface area contributed by atoms with Crippen LogP contribution in [0.2, 0.25) is 0 Å². The number of ether oxygens (including phenoxy) is 2. The molecule has 1 aliphatic heterocycles. The Bertz CT molecular complexity index is 442. The molecule has 1 fully saturated rings. The second kappa shape index (κ2) is 6.72. The number of anilines is 1. The summed E-state index contributed by atoms with van der Waals surface area (Å²) in [6.07, 6.45) is 2.69. The molecule has 1 aliphatic rings. The molecule has 0 bridgehead atoms. The molecule has 20 heavy (non-hydrogen) atoms. The van der Waals surface area contributed by atoms with Crippen LogP contribution in [0.4, 0.5) is 5.82 Å². The molecule has 2 rings (SSSR count). The third kappa shape index (κ3) is 4.06. The first-order valence-electron chi connectivity index (χ1n) is 6.97. The number of hydrogen-bond acceptors (Lipinski definition) is 5. The van der Waals surface area contributed by atoms with E-state index >= 15 is 0 Å². The van der Waals surface area contributed by atoms with Crippen molar-refractivity contribution in [3.05, 3.63) is 12.4 Å². The lowest BCUT2D eigenvalue weighted by Gasteiger charge is -2.42. The molecule has 0 saturated carbocycles. The fraction of sp³-hybridized carbons (Fsp3) is 0.714. The quantitative estimate of drug-likeness (QED) is 0.769. The Balaban J connectivity index is 2.13. The summed E-state index contributed by atoms with van der Waals surface area (Å²) in [5, 5.41) is 0.817. The molecule has 0 spiro atoms. The summed E-state index contributed by atoms with van der Waals surface area (Å²) in [6, 6.07) is 1.91. The van der Waals surface area contributed by atoms with Crippen LogP contribution in [0.3, 0.4) is 0 Å². The molecule has 0 aliphatic carbocycles. The van der Waals surface area contributed by atoms with E-state index in [1.807, 2.05) is 6.07 Å². The smallest absolute Gasteiger partial charge is 0.218 e. The minimum Gasteiger partial charge on any atom is -0.478 e. The maximum atomic E-state index is 6.01. The van der Waals surface area contributed by atoms with Gasteiger partial charge in [0.25, 0.3) is 0 Å². The van der Waals surface area contributed by atoms with Gasteiger partial charge in [0.1, 0.15) is 12.1 Å². The molecular formula is C14H22BrN3O2. The third-order valence-corrected chi connectivity index (χ3v) is 3.78. The van der Waals surface area contributed by atoms with Crippen molar-refractivity contribution in [2.24, 2.45) is 0 Å². The summed E-state index contributed by atoms with van der Waals surface area (Å²) in [5.74, 6) is 1.53. The minimum atomic E-state index is -0.188. The van der Waals surface area contributed by atoms with Crippen molar-refractivity contribution in [1.82, 2.24) is 9.97 Å². The standard InChI is InChI=1S/C14H22BrN3O2/c1-4-5-19-13-6-12(16-10-17-13)18-8-11(7-15)20-14(2,3)9-18/h6,10-11H,4-5,7-9H2,1-3H3. The molecule has 1 unspecified atom stereocenters. The van der Waals surface area contributed by atoms with Gasteiger partial charge < -0.3 is 14.4 Å². The Kier molecular flexibility index (Phi) is 5.21. The molecule has 1 aromatic rings. The highest BCUT2D eigenvalue weighted by molar-refractivity contribution is 9.09. The first-order chi connectivity index (χ1) is 9.54. The van der Waals surface area contributed by atoms with E-state index in [0.29, 0.717) is 12.5 Å². The fourth-order valence-corrected chi connectivity index (χ4v) is 2.68. The van der Waals surface area contributed by atoms with Gasteiger partial charge in [-0.25, -0.2) is 9.97 Å². The zero-order valence-electron chi connectivity index (χ0n) is 12.3. The van der Waals surface area contributed by atoms with Gasteiger partial charge in [-0.15, -0.1) is 0 Å². The van der Waals surface area contributed by atoms with Gasteiger partial charge in [0.15, 0.2) is 0 Å². The van der Waals surface area contributed by atoms with Crippen molar-refractivity contribution >= 4 is 21.7 Å². The molecule has 1 atom stereocenters. The Morgan fingerprint density at radius 1 is 1.50 bits per heavy atom. The summed E-state index contributed by atoms with van der Waals surface area (Å²) >= 11 is 3.50. The van der Waals surface area contributed by atoms with E-state index in [0.717, 1.165) is 30.7 Å². The summed E-state index contributed by atoms with van der Waals surface area (Å²) in [4.78, 5) is 10.7. The molecule has 0 amide bonds. The number of rotatable bonds is 5. The van der Waals surface area contributed by atoms with Gasteiger partial charge in [0.2, 0.25) is 5.88 Å². The SMILES string of the molecule is CCCOc1cc(N2CC(CBr)OC(C)(C)C2)ncn1. The van der Waals surface area contributed by atoms with Crippen LogP contribution >= 0.6 is 15.9 Å². The van der Waals surface area contributed by atoms with Crippen molar-refractivity contribution < 1.29 is 9.47 Å². The van der Waals surface area contributed by atoms with E-state index in [1.165, 1.54) is 0 Å². The number of aromatic nitrogens is 2. The Morgan fingerprint density at radius 2 is 2.30 bits per heavy atom. The van der Waals surface area contributed by atoms with Crippen LogP contribution in [0.5, 0.6) is 5.88 Å². The van der Waals surface area contributed by atoms with E-state index in [4.69, 9.17) is 9.47 Å². The first kappa shape index (κ1) is 15.5. The van der Waals surface area contributed by atoms with Gasteiger partial charge in [0, 0.05) is 24.5 Å². The predicted molar refractivity (Wildman–Crippen MR) is 82.8 cm³/mol. The Morgan fingerprint density at radius 3 is 3.00 bits per heavy atom. The van der Waals surface area contributed by atoms with Gasteiger partial charge in [-0.05, 0) is 20.3 Å². The monoisotopic (exact) mass is 343 g/mol. The predicted octanol–water partition coefficient (Wildman–Crippen LogP) is 2.64. The molecular weight excluding hydrogens is 322 g/mol. The summed E-state index contributed by atoms with van der Waals surface area (Å²) in [6.45, 7) is 8.58. The number of nitrogens with zero attached hydrogens (tertiary/aromatic N) is 3. The third-order valence-electron chi connectivity index (χ3n) is 3.06. The molecule has 6 heteroatoms. The topological polar surface area (TPSA) is 47.5 Å². The molecule has 1 aromatic heterocycles. The second-order valence-electron chi connectivity index (χ2n) is 5.60. The van der Waals surface area contributed by atoms with Gasteiger partial charge in [-0.1, -0.05) is 22.9 Å². The molecule has 2 heterocycles.